The third kappa shape index (κ3) is 6.27. The number of benzene rings is 2. The van der Waals surface area contributed by atoms with E-state index in [-0.39, 0.29) is 19.8 Å². The fourth-order valence-corrected chi connectivity index (χ4v) is 3.17. The zero-order chi connectivity index (χ0) is 23.0. The standard InChI is InChI=1S/C23H27N3O6/c1-23(2,22(27)30-14-8-9-15-32-26(28)29)31-17-20-19-12-6-7-13-21(19)25(24-20)16-18-10-4-3-5-11-18/h3-7,10-13H,8-9,14-17H2,1-2H3. The van der Waals surface area contributed by atoms with Gasteiger partial charge in [-0.3, -0.25) is 4.68 Å². The Bertz CT molecular complexity index is 1050. The molecule has 3 rings (SSSR count). The van der Waals surface area contributed by atoms with E-state index in [2.05, 4.69) is 17.0 Å². The Hall–Kier alpha value is -3.46. The average Bonchev–Trinajstić information content (AvgIpc) is 3.12. The van der Waals surface area contributed by atoms with Crippen LogP contribution in [0.1, 0.15) is 37.9 Å². The number of ether oxygens (including phenoxy) is 2. The molecule has 0 aliphatic heterocycles. The molecule has 1 heterocycles. The van der Waals surface area contributed by atoms with Crippen LogP contribution in [-0.2, 0) is 32.3 Å². The largest absolute Gasteiger partial charge is 0.464 e. The minimum absolute atomic E-state index is 0.0246. The zero-order valence-electron chi connectivity index (χ0n) is 18.2. The van der Waals surface area contributed by atoms with Gasteiger partial charge >= 0.3 is 5.97 Å². The first kappa shape index (κ1) is 23.2. The van der Waals surface area contributed by atoms with Crippen molar-refractivity contribution in [2.24, 2.45) is 0 Å². The molecular weight excluding hydrogens is 414 g/mol. The predicted molar refractivity (Wildman–Crippen MR) is 117 cm³/mol. The first-order valence-corrected chi connectivity index (χ1v) is 10.4. The lowest BCUT2D eigenvalue weighted by Gasteiger charge is -2.22. The van der Waals surface area contributed by atoms with Crippen molar-refractivity contribution in [2.75, 3.05) is 13.2 Å². The summed E-state index contributed by atoms with van der Waals surface area (Å²) in [5.74, 6) is -0.499. The van der Waals surface area contributed by atoms with Crippen LogP contribution in [0.3, 0.4) is 0 Å². The smallest absolute Gasteiger partial charge is 0.337 e. The molecule has 3 aromatic rings. The second-order valence-corrected chi connectivity index (χ2v) is 7.81. The molecule has 0 saturated carbocycles. The molecule has 0 N–H and O–H groups in total. The van der Waals surface area contributed by atoms with Gasteiger partial charge in [0, 0.05) is 5.39 Å². The van der Waals surface area contributed by atoms with Crippen molar-refractivity contribution in [1.82, 2.24) is 9.78 Å². The second kappa shape index (κ2) is 10.7. The molecular formula is C23H27N3O6. The fourth-order valence-electron chi connectivity index (χ4n) is 3.17. The minimum Gasteiger partial charge on any atom is -0.464 e. The Balaban J connectivity index is 1.58. The van der Waals surface area contributed by atoms with E-state index in [9.17, 15) is 14.9 Å². The molecule has 0 amide bonds. The van der Waals surface area contributed by atoms with Crippen LogP contribution in [0, 0.1) is 10.1 Å². The predicted octanol–water partition coefficient (Wildman–Crippen LogP) is 3.91. The minimum atomic E-state index is -1.17. The number of esters is 1. The molecule has 0 aliphatic carbocycles. The number of nitrogens with zero attached hydrogens (tertiary/aromatic N) is 3. The van der Waals surface area contributed by atoms with E-state index in [0.29, 0.717) is 19.4 Å². The number of rotatable bonds is 12. The maximum absolute atomic E-state index is 12.4. The average molecular weight is 441 g/mol. The summed E-state index contributed by atoms with van der Waals surface area (Å²) in [4.78, 5) is 26.8. The Morgan fingerprint density at radius 1 is 1.06 bits per heavy atom. The lowest BCUT2D eigenvalue weighted by molar-refractivity contribution is -0.757. The van der Waals surface area contributed by atoms with Crippen LogP contribution in [-0.4, -0.2) is 39.7 Å². The van der Waals surface area contributed by atoms with Crippen molar-refractivity contribution in [2.45, 2.75) is 45.4 Å². The van der Waals surface area contributed by atoms with Gasteiger partial charge in [0.05, 0.1) is 37.6 Å². The molecule has 0 spiro atoms. The highest BCUT2D eigenvalue weighted by Gasteiger charge is 2.31. The van der Waals surface area contributed by atoms with Gasteiger partial charge in [-0.15, -0.1) is 10.1 Å². The fraction of sp³-hybridized carbons (Fsp3) is 0.391. The maximum Gasteiger partial charge on any atom is 0.337 e. The number of aromatic nitrogens is 2. The van der Waals surface area contributed by atoms with Gasteiger partial charge in [-0.1, -0.05) is 48.5 Å². The highest BCUT2D eigenvalue weighted by Crippen LogP contribution is 2.23. The van der Waals surface area contributed by atoms with Gasteiger partial charge in [-0.05, 0) is 38.3 Å². The molecule has 0 atom stereocenters. The van der Waals surface area contributed by atoms with Crippen LogP contribution < -0.4 is 0 Å². The summed E-state index contributed by atoms with van der Waals surface area (Å²) in [6.45, 7) is 4.20. The summed E-state index contributed by atoms with van der Waals surface area (Å²) < 4.78 is 13.1. The van der Waals surface area contributed by atoms with Crippen LogP contribution in [0.2, 0.25) is 0 Å². The third-order valence-electron chi connectivity index (χ3n) is 4.94. The Morgan fingerprint density at radius 3 is 2.50 bits per heavy atom. The number of hydrogen-bond acceptors (Lipinski definition) is 7. The molecule has 0 aliphatic rings. The third-order valence-corrected chi connectivity index (χ3v) is 4.94. The molecule has 0 fully saturated rings. The number of carbonyl (C=O) groups excluding carboxylic acids is 1. The first-order chi connectivity index (χ1) is 15.4. The molecule has 0 saturated heterocycles. The lowest BCUT2D eigenvalue weighted by atomic mass is 10.1. The number of hydrogen-bond donors (Lipinski definition) is 0. The van der Waals surface area contributed by atoms with Crippen LogP contribution in [0.25, 0.3) is 10.9 Å². The number of fused-ring (bicyclic) bond motifs is 1. The normalized spacial score (nSPS) is 11.4. The Kier molecular flexibility index (Phi) is 7.77. The summed E-state index contributed by atoms with van der Waals surface area (Å²) in [5, 5.41) is 15.0. The van der Waals surface area contributed by atoms with Crippen LogP contribution >= 0.6 is 0 Å². The van der Waals surface area contributed by atoms with Crippen molar-refractivity contribution >= 4 is 16.9 Å². The molecule has 0 unspecified atom stereocenters. The van der Waals surface area contributed by atoms with Crippen molar-refractivity contribution in [1.29, 1.82) is 0 Å². The van der Waals surface area contributed by atoms with Crippen LogP contribution in [0.5, 0.6) is 0 Å². The summed E-state index contributed by atoms with van der Waals surface area (Å²) in [5.41, 5.74) is 1.71. The van der Waals surface area contributed by atoms with Gasteiger partial charge in [0.15, 0.2) is 5.60 Å². The molecule has 9 heteroatoms. The summed E-state index contributed by atoms with van der Waals surface area (Å²) in [7, 11) is 0. The number of para-hydroxylation sites is 1. The molecule has 32 heavy (non-hydrogen) atoms. The SMILES string of the molecule is CC(C)(OCc1nn(Cc2ccccc2)c2ccccc12)C(=O)OCCCCO[N+](=O)[O-]. The van der Waals surface area contributed by atoms with E-state index in [1.165, 1.54) is 0 Å². The molecule has 0 radical (unpaired) electrons. The molecule has 2 aromatic carbocycles. The topological polar surface area (TPSA) is 106 Å². The number of carbonyl (C=O) groups is 1. The maximum atomic E-state index is 12.4. The highest BCUT2D eigenvalue weighted by atomic mass is 16.9. The van der Waals surface area contributed by atoms with Gasteiger partial charge in [0.25, 0.3) is 5.09 Å². The van der Waals surface area contributed by atoms with Gasteiger partial charge in [0.1, 0.15) is 0 Å². The van der Waals surface area contributed by atoms with Crippen LogP contribution in [0.4, 0.5) is 0 Å². The van der Waals surface area contributed by atoms with E-state index in [1.807, 2.05) is 47.1 Å². The van der Waals surface area contributed by atoms with E-state index in [4.69, 9.17) is 14.6 Å². The summed E-state index contributed by atoms with van der Waals surface area (Å²) in [6.07, 6.45) is 0.880. The van der Waals surface area contributed by atoms with E-state index >= 15 is 0 Å². The first-order valence-electron chi connectivity index (χ1n) is 10.4. The van der Waals surface area contributed by atoms with Gasteiger partial charge in [-0.2, -0.15) is 5.10 Å². The Morgan fingerprint density at radius 2 is 1.75 bits per heavy atom. The van der Waals surface area contributed by atoms with Gasteiger partial charge in [-0.25, -0.2) is 4.79 Å². The molecule has 9 nitrogen and oxygen atoms in total. The lowest BCUT2D eigenvalue weighted by Crippen LogP contribution is -2.36. The van der Waals surface area contributed by atoms with Crippen molar-refractivity contribution in [3.05, 3.63) is 76.0 Å². The van der Waals surface area contributed by atoms with Crippen molar-refractivity contribution in [3.8, 4) is 0 Å². The molecule has 170 valence electrons. The highest BCUT2D eigenvalue weighted by molar-refractivity contribution is 5.82. The number of unbranched alkanes of at least 4 members (excludes halogenated alkanes) is 1. The van der Waals surface area contributed by atoms with Gasteiger partial charge < -0.3 is 14.3 Å². The molecule has 1 aromatic heterocycles. The second-order valence-electron chi connectivity index (χ2n) is 7.81. The van der Waals surface area contributed by atoms with E-state index in [0.717, 1.165) is 22.2 Å². The summed E-state index contributed by atoms with van der Waals surface area (Å²) >= 11 is 0. The van der Waals surface area contributed by atoms with Gasteiger partial charge in [0.2, 0.25) is 0 Å². The van der Waals surface area contributed by atoms with Crippen molar-refractivity contribution < 1.29 is 24.2 Å². The Labute approximate surface area is 186 Å². The van der Waals surface area contributed by atoms with Crippen LogP contribution in [0.15, 0.2) is 54.6 Å². The quantitative estimate of drug-likeness (QED) is 0.182. The monoisotopic (exact) mass is 441 g/mol. The summed E-state index contributed by atoms with van der Waals surface area (Å²) in [6, 6.07) is 18.0. The zero-order valence-corrected chi connectivity index (χ0v) is 18.2. The van der Waals surface area contributed by atoms with E-state index < -0.39 is 16.7 Å². The molecule has 0 bridgehead atoms. The van der Waals surface area contributed by atoms with E-state index in [1.54, 1.807) is 13.8 Å². The van der Waals surface area contributed by atoms with Crippen molar-refractivity contribution in [3.63, 3.8) is 0 Å².